The van der Waals surface area contributed by atoms with Crippen molar-refractivity contribution in [1.82, 2.24) is 15.2 Å². The minimum Gasteiger partial charge on any atom is -0.468 e. The van der Waals surface area contributed by atoms with Gasteiger partial charge in [-0.3, -0.25) is 9.69 Å². The zero-order valence-corrected chi connectivity index (χ0v) is 13.3. The molecular formula is C17H22N4O2. The highest BCUT2D eigenvalue weighted by atomic mass is 16.3. The first-order chi connectivity index (χ1) is 11.2. The van der Waals surface area contributed by atoms with Gasteiger partial charge in [0.2, 0.25) is 0 Å². The number of amides is 1. The van der Waals surface area contributed by atoms with Gasteiger partial charge in [0.25, 0.3) is 5.91 Å². The molecule has 1 aliphatic heterocycles. The fourth-order valence-corrected chi connectivity index (χ4v) is 2.84. The van der Waals surface area contributed by atoms with Gasteiger partial charge in [0.1, 0.15) is 11.6 Å². The van der Waals surface area contributed by atoms with Crippen LogP contribution in [0, 0.1) is 0 Å². The van der Waals surface area contributed by atoms with Crippen LogP contribution >= 0.6 is 0 Å². The molecule has 122 valence electrons. The van der Waals surface area contributed by atoms with Gasteiger partial charge in [0.15, 0.2) is 0 Å². The van der Waals surface area contributed by atoms with Gasteiger partial charge in [-0.05, 0) is 37.1 Å². The first-order valence-corrected chi connectivity index (χ1v) is 7.94. The first-order valence-electron chi connectivity index (χ1n) is 7.94. The van der Waals surface area contributed by atoms with Gasteiger partial charge in [-0.15, -0.1) is 0 Å². The van der Waals surface area contributed by atoms with Crippen LogP contribution in [-0.2, 0) is 6.54 Å². The fourth-order valence-electron chi connectivity index (χ4n) is 2.84. The Kier molecular flexibility index (Phi) is 4.92. The predicted octanol–water partition coefficient (Wildman–Crippen LogP) is 2.11. The van der Waals surface area contributed by atoms with Crippen LogP contribution in [0.1, 0.15) is 29.0 Å². The SMILES string of the molecule is CNc1cc(C(=O)NC2CCN(Cc3ccco3)CC2)ccn1. The maximum atomic E-state index is 12.3. The van der Waals surface area contributed by atoms with Crippen LogP contribution in [-0.4, -0.2) is 42.0 Å². The van der Waals surface area contributed by atoms with Gasteiger partial charge < -0.3 is 15.1 Å². The largest absolute Gasteiger partial charge is 0.468 e. The van der Waals surface area contributed by atoms with E-state index < -0.39 is 0 Å². The van der Waals surface area contributed by atoms with Crippen LogP contribution in [0.5, 0.6) is 0 Å². The quantitative estimate of drug-likeness (QED) is 0.884. The van der Waals surface area contributed by atoms with Crippen molar-refractivity contribution in [2.24, 2.45) is 0 Å². The number of anilines is 1. The zero-order chi connectivity index (χ0) is 16.1. The topological polar surface area (TPSA) is 70.4 Å². The van der Waals surface area contributed by atoms with E-state index in [0.29, 0.717) is 11.4 Å². The summed E-state index contributed by atoms with van der Waals surface area (Å²) in [5.74, 6) is 1.66. The monoisotopic (exact) mass is 314 g/mol. The third-order valence-corrected chi connectivity index (χ3v) is 4.16. The van der Waals surface area contributed by atoms with Crippen LogP contribution in [0.25, 0.3) is 0 Å². The zero-order valence-electron chi connectivity index (χ0n) is 13.3. The number of rotatable bonds is 5. The number of piperidine rings is 1. The highest BCUT2D eigenvalue weighted by molar-refractivity contribution is 5.94. The van der Waals surface area contributed by atoms with E-state index in [1.54, 1.807) is 31.6 Å². The molecule has 0 aliphatic carbocycles. The molecule has 0 spiro atoms. The Morgan fingerprint density at radius 1 is 1.39 bits per heavy atom. The normalized spacial score (nSPS) is 16.2. The number of pyridine rings is 1. The van der Waals surface area contributed by atoms with Crippen molar-refractivity contribution < 1.29 is 9.21 Å². The molecule has 1 fully saturated rings. The average molecular weight is 314 g/mol. The van der Waals surface area contributed by atoms with Gasteiger partial charge in [-0.2, -0.15) is 0 Å². The fraction of sp³-hybridized carbons (Fsp3) is 0.412. The molecular weight excluding hydrogens is 292 g/mol. The van der Waals surface area contributed by atoms with E-state index in [4.69, 9.17) is 4.42 Å². The van der Waals surface area contributed by atoms with Crippen molar-refractivity contribution in [3.63, 3.8) is 0 Å². The van der Waals surface area contributed by atoms with Crippen molar-refractivity contribution in [1.29, 1.82) is 0 Å². The molecule has 1 aliphatic rings. The number of nitrogens with one attached hydrogen (secondary N) is 2. The van der Waals surface area contributed by atoms with E-state index in [-0.39, 0.29) is 11.9 Å². The Hall–Kier alpha value is -2.34. The maximum Gasteiger partial charge on any atom is 0.251 e. The molecule has 0 atom stereocenters. The van der Waals surface area contributed by atoms with E-state index in [1.165, 1.54) is 0 Å². The molecule has 1 saturated heterocycles. The van der Waals surface area contributed by atoms with Crippen LogP contribution < -0.4 is 10.6 Å². The minimum atomic E-state index is -0.0339. The second-order valence-corrected chi connectivity index (χ2v) is 5.78. The summed E-state index contributed by atoms with van der Waals surface area (Å²) in [6, 6.07) is 7.64. The lowest BCUT2D eigenvalue weighted by atomic mass is 10.0. The number of carbonyl (C=O) groups excluding carboxylic acids is 1. The average Bonchev–Trinajstić information content (AvgIpc) is 3.09. The third kappa shape index (κ3) is 4.10. The third-order valence-electron chi connectivity index (χ3n) is 4.16. The number of likely N-dealkylation sites (tertiary alicyclic amines) is 1. The van der Waals surface area contributed by atoms with Crippen molar-refractivity contribution in [2.45, 2.75) is 25.4 Å². The lowest BCUT2D eigenvalue weighted by Gasteiger charge is -2.31. The lowest BCUT2D eigenvalue weighted by Crippen LogP contribution is -2.44. The Labute approximate surface area is 135 Å². The Balaban J connectivity index is 1.49. The molecule has 3 heterocycles. The van der Waals surface area contributed by atoms with Crippen molar-refractivity contribution in [3.8, 4) is 0 Å². The standard InChI is InChI=1S/C17H22N4O2/c1-18-16-11-13(4-7-19-16)17(22)20-14-5-8-21(9-6-14)12-15-3-2-10-23-15/h2-4,7,10-11,14H,5-6,8-9,12H2,1H3,(H,18,19)(H,20,22). The van der Waals surface area contributed by atoms with Gasteiger partial charge in [-0.1, -0.05) is 0 Å². The van der Waals surface area contributed by atoms with Gasteiger partial charge in [-0.25, -0.2) is 4.98 Å². The van der Waals surface area contributed by atoms with Gasteiger partial charge in [0.05, 0.1) is 12.8 Å². The summed E-state index contributed by atoms with van der Waals surface area (Å²) in [4.78, 5) is 18.8. The predicted molar refractivity (Wildman–Crippen MR) is 88.3 cm³/mol. The molecule has 2 aromatic heterocycles. The van der Waals surface area contributed by atoms with E-state index in [1.807, 2.05) is 12.1 Å². The van der Waals surface area contributed by atoms with Crippen molar-refractivity contribution in [2.75, 3.05) is 25.5 Å². The number of furan rings is 1. The number of hydrogen-bond acceptors (Lipinski definition) is 5. The summed E-state index contributed by atoms with van der Waals surface area (Å²) in [5, 5.41) is 6.07. The number of hydrogen-bond donors (Lipinski definition) is 2. The molecule has 0 radical (unpaired) electrons. The maximum absolute atomic E-state index is 12.3. The summed E-state index contributed by atoms with van der Waals surface area (Å²) in [6.45, 7) is 2.76. The Morgan fingerprint density at radius 2 is 2.22 bits per heavy atom. The number of nitrogens with zero attached hydrogens (tertiary/aromatic N) is 2. The molecule has 23 heavy (non-hydrogen) atoms. The second-order valence-electron chi connectivity index (χ2n) is 5.78. The number of aromatic nitrogens is 1. The van der Waals surface area contributed by atoms with Gasteiger partial charge >= 0.3 is 0 Å². The highest BCUT2D eigenvalue weighted by Crippen LogP contribution is 2.15. The minimum absolute atomic E-state index is 0.0339. The van der Waals surface area contributed by atoms with Gasteiger partial charge in [0, 0.05) is 37.9 Å². The van der Waals surface area contributed by atoms with Crippen molar-refractivity contribution >= 4 is 11.7 Å². The van der Waals surface area contributed by atoms with Crippen molar-refractivity contribution in [3.05, 3.63) is 48.0 Å². The Bertz CT molecular complexity index is 634. The molecule has 2 N–H and O–H groups in total. The molecule has 0 unspecified atom stereocenters. The summed E-state index contributed by atoms with van der Waals surface area (Å²) in [5.41, 5.74) is 0.641. The molecule has 2 aromatic rings. The number of carbonyl (C=O) groups is 1. The van der Waals surface area contributed by atoms with E-state index >= 15 is 0 Å². The molecule has 3 rings (SSSR count). The van der Waals surface area contributed by atoms with Crippen LogP contribution in [0.4, 0.5) is 5.82 Å². The lowest BCUT2D eigenvalue weighted by molar-refractivity contribution is 0.0906. The summed E-state index contributed by atoms with van der Waals surface area (Å²) >= 11 is 0. The molecule has 0 saturated carbocycles. The second kappa shape index (κ2) is 7.28. The summed E-state index contributed by atoms with van der Waals surface area (Å²) < 4.78 is 5.38. The van der Waals surface area contributed by atoms with Crippen LogP contribution in [0.2, 0.25) is 0 Å². The Morgan fingerprint density at radius 3 is 2.91 bits per heavy atom. The summed E-state index contributed by atoms with van der Waals surface area (Å²) in [7, 11) is 1.79. The molecule has 6 nitrogen and oxygen atoms in total. The van der Waals surface area contributed by atoms with Crippen LogP contribution in [0.15, 0.2) is 41.1 Å². The van der Waals surface area contributed by atoms with E-state index in [9.17, 15) is 4.79 Å². The summed E-state index contributed by atoms with van der Waals surface area (Å²) in [6.07, 6.45) is 5.26. The molecule has 6 heteroatoms. The molecule has 0 aromatic carbocycles. The van der Waals surface area contributed by atoms with Crippen LogP contribution in [0.3, 0.4) is 0 Å². The smallest absolute Gasteiger partial charge is 0.251 e. The first kappa shape index (κ1) is 15.6. The van der Waals surface area contributed by atoms with E-state index in [0.717, 1.165) is 38.2 Å². The van der Waals surface area contributed by atoms with E-state index in [2.05, 4.69) is 20.5 Å². The molecule has 1 amide bonds. The molecule has 0 bridgehead atoms. The highest BCUT2D eigenvalue weighted by Gasteiger charge is 2.21.